The quantitative estimate of drug-likeness (QED) is 0.262. The summed E-state index contributed by atoms with van der Waals surface area (Å²) in [5.41, 5.74) is 7.29. The predicted molar refractivity (Wildman–Crippen MR) is 149 cm³/mol. The third kappa shape index (κ3) is 5.14. The van der Waals surface area contributed by atoms with Gasteiger partial charge in [0.15, 0.2) is 11.6 Å². The first-order valence-electron chi connectivity index (χ1n) is 12.6. The molecule has 1 fully saturated rings. The second-order valence-electron chi connectivity index (χ2n) is 9.33. The van der Waals surface area contributed by atoms with Gasteiger partial charge in [0, 0.05) is 48.8 Å². The van der Waals surface area contributed by atoms with Gasteiger partial charge in [-0.25, -0.2) is 4.68 Å². The second kappa shape index (κ2) is 10.7. The number of nitrogens with zero attached hydrogens (tertiary/aromatic N) is 4. The number of hydrogen-bond donors (Lipinski definition) is 0. The first kappa shape index (κ1) is 24.2. The lowest BCUT2D eigenvalue weighted by molar-refractivity contribution is 0.0986. The van der Waals surface area contributed by atoms with E-state index < -0.39 is 0 Å². The van der Waals surface area contributed by atoms with Gasteiger partial charge in [-0.1, -0.05) is 18.2 Å². The average molecular weight is 523 g/mol. The zero-order valence-corrected chi connectivity index (χ0v) is 21.6. The topological polar surface area (TPSA) is 77.3 Å². The van der Waals surface area contributed by atoms with Crippen LogP contribution in [0.3, 0.4) is 0 Å². The Kier molecular flexibility index (Phi) is 6.81. The van der Waals surface area contributed by atoms with Crippen molar-refractivity contribution in [3.05, 3.63) is 106 Å². The van der Waals surface area contributed by atoms with E-state index in [2.05, 4.69) is 15.0 Å². The van der Waals surface area contributed by atoms with Crippen molar-refractivity contribution >= 4 is 39.5 Å². The second-order valence-corrected chi connectivity index (χ2v) is 10.2. The van der Waals surface area contributed by atoms with Gasteiger partial charge in [0.05, 0.1) is 41.0 Å². The average Bonchev–Trinajstić information content (AvgIpc) is 3.65. The van der Waals surface area contributed by atoms with Gasteiger partial charge in [-0.15, -0.1) is 11.3 Å². The molecule has 3 aromatic carbocycles. The van der Waals surface area contributed by atoms with Crippen LogP contribution in [0.2, 0.25) is 0 Å². The molecule has 1 aliphatic heterocycles. The number of carbonyl (C=O) groups excluding carboxylic acids is 2. The Labute approximate surface area is 224 Å². The highest BCUT2D eigenvalue weighted by molar-refractivity contribution is 7.11. The first-order chi connectivity index (χ1) is 18.6. The number of aromatic nitrogens is 3. The van der Waals surface area contributed by atoms with E-state index in [1.165, 1.54) is 11.3 Å². The van der Waals surface area contributed by atoms with Gasteiger partial charge < -0.3 is 9.64 Å². The molecule has 3 heterocycles. The van der Waals surface area contributed by atoms with E-state index in [9.17, 15) is 9.59 Å². The minimum Gasteiger partial charge on any atom is -0.378 e. The smallest absolute Gasteiger partial charge is 0.178 e. The Morgan fingerprint density at radius 2 is 1.53 bits per heavy atom. The molecule has 0 amide bonds. The number of carbonyl (C=O) groups is 2. The van der Waals surface area contributed by atoms with Crippen LogP contribution in [0.25, 0.3) is 16.6 Å². The van der Waals surface area contributed by atoms with Crippen molar-refractivity contribution < 1.29 is 14.3 Å². The van der Waals surface area contributed by atoms with Crippen LogP contribution in [-0.2, 0) is 17.6 Å². The molecule has 0 atom stereocenters. The molecule has 38 heavy (non-hydrogen) atoms. The number of ether oxygens (including phenoxy) is 1. The largest absolute Gasteiger partial charge is 0.378 e. The van der Waals surface area contributed by atoms with Crippen LogP contribution in [0.5, 0.6) is 0 Å². The molecule has 0 bridgehead atoms. The zero-order valence-electron chi connectivity index (χ0n) is 20.7. The summed E-state index contributed by atoms with van der Waals surface area (Å²) in [7, 11) is 0. The third-order valence-electron chi connectivity index (χ3n) is 6.82. The van der Waals surface area contributed by atoms with Crippen LogP contribution >= 0.6 is 11.3 Å². The van der Waals surface area contributed by atoms with Gasteiger partial charge in [-0.3, -0.25) is 14.6 Å². The van der Waals surface area contributed by atoms with E-state index in [1.54, 1.807) is 11.7 Å². The monoisotopic (exact) mass is 522 g/mol. The minimum absolute atomic E-state index is 0.0694. The summed E-state index contributed by atoms with van der Waals surface area (Å²) in [5, 5.41) is 5.55. The van der Waals surface area contributed by atoms with Crippen molar-refractivity contribution in [3.63, 3.8) is 0 Å². The fraction of sp³-hybridized carbons (Fsp3) is 0.200. The first-order valence-corrected chi connectivity index (χ1v) is 13.5. The summed E-state index contributed by atoms with van der Waals surface area (Å²) in [6, 6.07) is 21.8. The molecule has 2 aromatic heterocycles. The molecule has 0 saturated carbocycles. The summed E-state index contributed by atoms with van der Waals surface area (Å²) in [4.78, 5) is 32.3. The molecular formula is C30H26N4O3S. The van der Waals surface area contributed by atoms with Gasteiger partial charge in [-0.05, 0) is 59.7 Å². The van der Waals surface area contributed by atoms with Gasteiger partial charge in [0.1, 0.15) is 0 Å². The molecule has 0 spiro atoms. The van der Waals surface area contributed by atoms with E-state index in [0.717, 1.165) is 59.7 Å². The number of morpholine rings is 1. The summed E-state index contributed by atoms with van der Waals surface area (Å²) < 4.78 is 7.30. The van der Waals surface area contributed by atoms with Crippen LogP contribution in [-0.4, -0.2) is 52.6 Å². The van der Waals surface area contributed by atoms with E-state index in [0.29, 0.717) is 23.3 Å². The molecule has 0 N–H and O–H groups in total. The Hall–Kier alpha value is -4.14. The molecule has 1 aliphatic rings. The minimum atomic E-state index is 0.0694. The zero-order chi connectivity index (χ0) is 25.9. The molecule has 6 rings (SSSR count). The fourth-order valence-corrected chi connectivity index (χ4v) is 5.31. The number of Topliss-reactive ketones (excluding diaryl/α,β-unsaturated/α-hetero) is 2. The van der Waals surface area contributed by atoms with Gasteiger partial charge in [-0.2, -0.15) is 5.10 Å². The van der Waals surface area contributed by atoms with E-state index in [4.69, 9.17) is 4.74 Å². The third-order valence-corrected chi connectivity index (χ3v) is 7.63. The Morgan fingerprint density at radius 3 is 2.26 bits per heavy atom. The molecule has 0 aliphatic carbocycles. The lowest BCUT2D eigenvalue weighted by Gasteiger charge is -2.28. The molecule has 7 nitrogen and oxygen atoms in total. The van der Waals surface area contributed by atoms with Crippen LogP contribution in [0.1, 0.15) is 31.2 Å². The number of thiazole rings is 1. The SMILES string of the molecule is O=C(Cc1ccc2c(cnn2-c2ccc(CC(=O)c3cncs3)cc2)c1)c1ccc(N2CCOCC2)cc1. The maximum absolute atomic E-state index is 13.0. The maximum Gasteiger partial charge on any atom is 0.178 e. The Morgan fingerprint density at radius 1 is 0.816 bits per heavy atom. The molecule has 8 heteroatoms. The number of fused-ring (bicyclic) bond motifs is 1. The fourth-order valence-electron chi connectivity index (χ4n) is 4.75. The van der Waals surface area contributed by atoms with Crippen LogP contribution in [0.4, 0.5) is 5.69 Å². The summed E-state index contributed by atoms with van der Waals surface area (Å²) >= 11 is 1.36. The highest BCUT2D eigenvalue weighted by Crippen LogP contribution is 2.23. The van der Waals surface area contributed by atoms with Crippen LogP contribution < -0.4 is 4.90 Å². The summed E-state index contributed by atoms with van der Waals surface area (Å²) in [5.74, 6) is 0.161. The van der Waals surface area contributed by atoms with Gasteiger partial charge in [0.2, 0.25) is 0 Å². The highest BCUT2D eigenvalue weighted by Gasteiger charge is 2.14. The Bertz CT molecular complexity index is 1570. The van der Waals surface area contributed by atoms with Crippen molar-refractivity contribution in [2.75, 3.05) is 31.2 Å². The van der Waals surface area contributed by atoms with Gasteiger partial charge >= 0.3 is 0 Å². The molecule has 190 valence electrons. The summed E-state index contributed by atoms with van der Waals surface area (Å²) in [6.45, 7) is 3.22. The van der Waals surface area contributed by atoms with E-state index in [1.807, 2.05) is 77.6 Å². The number of anilines is 1. The molecule has 0 radical (unpaired) electrons. The highest BCUT2D eigenvalue weighted by atomic mass is 32.1. The number of ketones is 2. The summed E-state index contributed by atoms with van der Waals surface area (Å²) in [6.07, 6.45) is 4.11. The maximum atomic E-state index is 13.0. The molecule has 5 aromatic rings. The van der Waals surface area contributed by atoms with E-state index >= 15 is 0 Å². The van der Waals surface area contributed by atoms with E-state index in [-0.39, 0.29) is 11.6 Å². The van der Waals surface area contributed by atoms with Crippen molar-refractivity contribution in [3.8, 4) is 5.69 Å². The predicted octanol–water partition coefficient (Wildman–Crippen LogP) is 5.17. The standard InChI is InChI=1S/C30H26N4O3S/c35-28(23-4-8-25(9-5-23)33-11-13-37-14-12-33)17-22-3-10-27-24(15-22)18-32-34(27)26-6-1-21(2-7-26)16-29(36)30-19-31-20-38-30/h1-10,15,18-20H,11-14,16-17H2. The van der Waals surface area contributed by atoms with Crippen molar-refractivity contribution in [1.82, 2.24) is 14.8 Å². The van der Waals surface area contributed by atoms with Gasteiger partial charge in [0.25, 0.3) is 0 Å². The van der Waals surface area contributed by atoms with Crippen LogP contribution in [0, 0.1) is 0 Å². The van der Waals surface area contributed by atoms with Crippen LogP contribution in [0.15, 0.2) is 84.6 Å². The molecule has 1 saturated heterocycles. The molecule has 0 unspecified atom stereocenters. The van der Waals surface area contributed by atoms with Crippen molar-refractivity contribution in [2.24, 2.45) is 0 Å². The Balaban J connectivity index is 1.13. The number of hydrogen-bond acceptors (Lipinski definition) is 7. The normalized spacial score (nSPS) is 13.6. The van der Waals surface area contributed by atoms with Crippen molar-refractivity contribution in [2.45, 2.75) is 12.8 Å². The number of benzene rings is 3. The van der Waals surface area contributed by atoms with Crippen molar-refractivity contribution in [1.29, 1.82) is 0 Å². The molecular weight excluding hydrogens is 496 g/mol. The lowest BCUT2D eigenvalue weighted by atomic mass is 10.0. The lowest BCUT2D eigenvalue weighted by Crippen LogP contribution is -2.36. The number of rotatable bonds is 8.